The number of ether oxygens (including phenoxy) is 2. The van der Waals surface area contributed by atoms with Crippen LogP contribution >= 0.6 is 0 Å². The largest absolute Gasteiger partial charge is 0.497 e. The Morgan fingerprint density at radius 1 is 0.978 bits per heavy atom. The molecule has 11 nitrogen and oxygen atoms in total. The molecule has 1 atom stereocenters. The average molecular weight is 622 g/mol. The summed E-state index contributed by atoms with van der Waals surface area (Å²) < 4.78 is 11.0. The standard InChI is InChI=1S/C34H47N5O6/c1-37(2)15-16-38(22-31(35)40)33(42)13-14-39-30(25-17-27(44-3)21-28(18-25)45-4)19-24-10-11-26(20-29(24)34(39)43)36-32(41)12-9-23-7-5-6-8-23/h10-11,17-18,20-21,23,30H,5-9,12-16,19,22H2,1-4H3,(H2,35,40)(H,36,41). The Bertz CT molecular complexity index is 1350. The number of nitrogens with two attached hydrogens (primary N) is 1. The van der Waals surface area contributed by atoms with Gasteiger partial charge in [-0.3, -0.25) is 19.2 Å². The second kappa shape index (κ2) is 15.7. The van der Waals surface area contributed by atoms with Gasteiger partial charge in [0.2, 0.25) is 17.7 Å². The topological polar surface area (TPSA) is 135 Å². The molecular weight excluding hydrogens is 574 g/mol. The van der Waals surface area contributed by atoms with E-state index < -0.39 is 11.9 Å². The summed E-state index contributed by atoms with van der Waals surface area (Å²) in [6.45, 7) is 0.836. The van der Waals surface area contributed by atoms with Gasteiger partial charge < -0.3 is 35.2 Å². The number of carbonyl (C=O) groups is 4. The van der Waals surface area contributed by atoms with Gasteiger partial charge in [-0.25, -0.2) is 0 Å². The van der Waals surface area contributed by atoms with Gasteiger partial charge in [0.1, 0.15) is 11.5 Å². The van der Waals surface area contributed by atoms with Crippen molar-refractivity contribution in [2.75, 3.05) is 59.8 Å². The van der Waals surface area contributed by atoms with Gasteiger partial charge in [-0.15, -0.1) is 0 Å². The minimum Gasteiger partial charge on any atom is -0.497 e. The van der Waals surface area contributed by atoms with E-state index in [0.717, 1.165) is 17.5 Å². The number of nitrogens with one attached hydrogen (secondary N) is 1. The van der Waals surface area contributed by atoms with E-state index in [-0.39, 0.29) is 37.2 Å². The van der Waals surface area contributed by atoms with E-state index in [1.807, 2.05) is 43.3 Å². The van der Waals surface area contributed by atoms with Crippen LogP contribution in [0.2, 0.25) is 0 Å². The fraction of sp³-hybridized carbons (Fsp3) is 0.529. The normalized spacial score (nSPS) is 16.4. The van der Waals surface area contributed by atoms with E-state index >= 15 is 0 Å². The van der Waals surface area contributed by atoms with Crippen molar-refractivity contribution in [3.8, 4) is 11.5 Å². The molecule has 1 heterocycles. The molecule has 1 saturated carbocycles. The Kier molecular flexibility index (Phi) is 11.8. The van der Waals surface area contributed by atoms with Crippen LogP contribution < -0.4 is 20.5 Å². The summed E-state index contributed by atoms with van der Waals surface area (Å²) in [5, 5.41) is 2.98. The third-order valence-corrected chi connectivity index (χ3v) is 8.77. The maximum Gasteiger partial charge on any atom is 0.254 e. The van der Waals surface area contributed by atoms with E-state index in [2.05, 4.69) is 5.32 Å². The van der Waals surface area contributed by atoms with Gasteiger partial charge >= 0.3 is 0 Å². The number of likely N-dealkylation sites (N-methyl/N-ethyl adjacent to an activating group) is 1. The molecule has 11 heteroatoms. The molecule has 1 aliphatic heterocycles. The monoisotopic (exact) mass is 621 g/mol. The number of anilines is 1. The lowest BCUT2D eigenvalue weighted by Gasteiger charge is -2.38. The number of hydrogen-bond acceptors (Lipinski definition) is 7. The number of benzene rings is 2. The molecule has 0 bridgehead atoms. The van der Waals surface area contributed by atoms with Crippen molar-refractivity contribution < 1.29 is 28.7 Å². The van der Waals surface area contributed by atoms with Gasteiger partial charge in [0.05, 0.1) is 26.8 Å². The molecule has 2 aromatic rings. The highest BCUT2D eigenvalue weighted by Crippen LogP contribution is 2.37. The second-order valence-corrected chi connectivity index (χ2v) is 12.3. The number of nitrogens with zero attached hydrogens (tertiary/aromatic N) is 3. The molecule has 2 aliphatic rings. The predicted molar refractivity (Wildman–Crippen MR) is 172 cm³/mol. The molecule has 1 fully saturated rings. The lowest BCUT2D eigenvalue weighted by Crippen LogP contribution is -2.45. The number of amides is 4. The maximum absolute atomic E-state index is 14.2. The van der Waals surface area contributed by atoms with Crippen molar-refractivity contribution >= 4 is 29.3 Å². The van der Waals surface area contributed by atoms with Gasteiger partial charge in [-0.05, 0) is 68.2 Å². The summed E-state index contributed by atoms with van der Waals surface area (Å²) in [5.41, 5.74) is 8.16. The summed E-state index contributed by atoms with van der Waals surface area (Å²) in [5.74, 6) is 0.639. The van der Waals surface area contributed by atoms with Gasteiger partial charge in [-0.2, -0.15) is 0 Å². The quantitative estimate of drug-likeness (QED) is 0.310. The molecule has 4 rings (SSSR count). The van der Waals surface area contributed by atoms with Crippen molar-refractivity contribution in [2.24, 2.45) is 11.7 Å². The summed E-state index contributed by atoms with van der Waals surface area (Å²) in [6.07, 6.45) is 6.70. The van der Waals surface area contributed by atoms with Gasteiger partial charge in [0.25, 0.3) is 5.91 Å². The van der Waals surface area contributed by atoms with Crippen LogP contribution in [0.15, 0.2) is 36.4 Å². The minimum atomic E-state index is -0.593. The van der Waals surface area contributed by atoms with Crippen LogP contribution in [0.25, 0.3) is 0 Å². The molecule has 0 aromatic heterocycles. The molecule has 0 spiro atoms. The summed E-state index contributed by atoms with van der Waals surface area (Å²) >= 11 is 0. The third-order valence-electron chi connectivity index (χ3n) is 8.77. The molecule has 3 N–H and O–H groups in total. The summed E-state index contributed by atoms with van der Waals surface area (Å²) in [4.78, 5) is 57.0. The first-order chi connectivity index (χ1) is 21.6. The van der Waals surface area contributed by atoms with Crippen LogP contribution in [-0.2, 0) is 20.8 Å². The minimum absolute atomic E-state index is 0.0109. The van der Waals surface area contributed by atoms with E-state index in [1.54, 1.807) is 31.3 Å². The van der Waals surface area contributed by atoms with Crippen LogP contribution in [0.4, 0.5) is 5.69 Å². The highest BCUT2D eigenvalue weighted by Gasteiger charge is 2.35. The first-order valence-electron chi connectivity index (χ1n) is 15.8. The first-order valence-corrected chi connectivity index (χ1v) is 15.8. The Labute approximate surface area is 266 Å². The van der Waals surface area contributed by atoms with Gasteiger partial charge in [0.15, 0.2) is 0 Å². The highest BCUT2D eigenvalue weighted by molar-refractivity contribution is 6.00. The number of fused-ring (bicyclic) bond motifs is 1. The summed E-state index contributed by atoms with van der Waals surface area (Å²) in [6, 6.07) is 10.6. The van der Waals surface area contributed by atoms with Crippen molar-refractivity contribution in [3.05, 3.63) is 53.1 Å². The molecule has 1 unspecified atom stereocenters. The zero-order chi connectivity index (χ0) is 32.5. The zero-order valence-corrected chi connectivity index (χ0v) is 27.0. The molecule has 45 heavy (non-hydrogen) atoms. The zero-order valence-electron chi connectivity index (χ0n) is 27.0. The molecule has 244 valence electrons. The number of rotatable bonds is 15. The lowest BCUT2D eigenvalue weighted by atomic mass is 9.88. The Morgan fingerprint density at radius 3 is 2.29 bits per heavy atom. The van der Waals surface area contributed by atoms with E-state index in [1.165, 1.54) is 30.6 Å². The van der Waals surface area contributed by atoms with Crippen molar-refractivity contribution in [1.82, 2.24) is 14.7 Å². The molecule has 4 amide bonds. The van der Waals surface area contributed by atoms with Gasteiger partial charge in [-0.1, -0.05) is 31.7 Å². The van der Waals surface area contributed by atoms with Crippen molar-refractivity contribution in [2.45, 2.75) is 57.4 Å². The smallest absolute Gasteiger partial charge is 0.254 e. The summed E-state index contributed by atoms with van der Waals surface area (Å²) in [7, 11) is 6.91. The average Bonchev–Trinajstić information content (AvgIpc) is 3.55. The number of hydrogen-bond donors (Lipinski definition) is 2. The fourth-order valence-electron chi connectivity index (χ4n) is 6.26. The van der Waals surface area contributed by atoms with Crippen LogP contribution in [0, 0.1) is 5.92 Å². The maximum atomic E-state index is 14.2. The fourth-order valence-corrected chi connectivity index (χ4v) is 6.26. The van der Waals surface area contributed by atoms with Crippen LogP contribution in [0.3, 0.4) is 0 Å². The number of primary amides is 1. The molecule has 1 aliphatic carbocycles. The van der Waals surface area contributed by atoms with Gasteiger partial charge in [0, 0.05) is 49.8 Å². The first kappa shape index (κ1) is 33.8. The third kappa shape index (κ3) is 9.20. The lowest BCUT2D eigenvalue weighted by molar-refractivity contribution is -0.135. The molecule has 2 aromatic carbocycles. The number of carbonyl (C=O) groups excluding carboxylic acids is 4. The van der Waals surface area contributed by atoms with E-state index in [9.17, 15) is 19.2 Å². The molecular formula is C34H47N5O6. The predicted octanol–water partition coefficient (Wildman–Crippen LogP) is 3.62. The van der Waals surface area contributed by atoms with Crippen LogP contribution in [0.1, 0.15) is 72.5 Å². The molecule has 0 saturated heterocycles. The Morgan fingerprint density at radius 2 is 1.67 bits per heavy atom. The highest BCUT2D eigenvalue weighted by atomic mass is 16.5. The van der Waals surface area contributed by atoms with Crippen LogP contribution in [-0.4, -0.2) is 92.8 Å². The van der Waals surface area contributed by atoms with E-state index in [4.69, 9.17) is 15.2 Å². The molecule has 0 radical (unpaired) electrons. The Balaban J connectivity index is 1.58. The van der Waals surface area contributed by atoms with Crippen LogP contribution in [0.5, 0.6) is 11.5 Å². The van der Waals surface area contributed by atoms with Crippen molar-refractivity contribution in [3.63, 3.8) is 0 Å². The Hall–Kier alpha value is -4.12. The van der Waals surface area contributed by atoms with E-state index in [0.29, 0.717) is 54.6 Å². The van der Waals surface area contributed by atoms with Crippen molar-refractivity contribution in [1.29, 1.82) is 0 Å². The number of methoxy groups -OCH3 is 2. The SMILES string of the molecule is COc1cc(OC)cc(C2Cc3ccc(NC(=O)CCC4CCCC4)cc3C(=O)N2CCC(=O)N(CCN(C)C)CC(N)=O)c1. The second-order valence-electron chi connectivity index (χ2n) is 12.3.